The molecule has 0 aliphatic carbocycles. The average Bonchev–Trinajstić information content (AvgIpc) is 3.13. The van der Waals surface area contributed by atoms with E-state index in [1.807, 2.05) is 36.8 Å². The van der Waals surface area contributed by atoms with Crippen LogP contribution in [-0.4, -0.2) is 18.6 Å². The van der Waals surface area contributed by atoms with Crippen LogP contribution < -0.4 is 27.0 Å². The van der Waals surface area contributed by atoms with Crippen LogP contribution >= 0.6 is 23.1 Å². The Balaban J connectivity index is 0.00000176. The first-order valence-corrected chi connectivity index (χ1v) is 9.60. The number of rotatable bonds is 5. The van der Waals surface area contributed by atoms with E-state index in [1.54, 1.807) is 11.9 Å². The van der Waals surface area contributed by atoms with Crippen molar-refractivity contribution in [2.45, 2.75) is 30.8 Å². The smallest absolute Gasteiger partial charge is 0.367 e. The fourth-order valence-electron chi connectivity index (χ4n) is 2.19. The maximum Gasteiger partial charge on any atom is 0.446 e. The number of hydrogen-bond acceptors (Lipinski definition) is 6. The number of carbonyl (C=O) groups is 1. The lowest BCUT2D eigenvalue weighted by molar-refractivity contribution is -0.0328. The van der Waals surface area contributed by atoms with E-state index in [9.17, 15) is 18.0 Å². The quantitative estimate of drug-likeness (QED) is 0.290. The van der Waals surface area contributed by atoms with Crippen molar-refractivity contribution >= 4 is 40.5 Å². The molecule has 2 rings (SSSR count). The zero-order chi connectivity index (χ0) is 20.6. The third-order valence-electron chi connectivity index (χ3n) is 3.16. The van der Waals surface area contributed by atoms with Crippen LogP contribution in [0.4, 0.5) is 29.3 Å². The molecule has 6 nitrogen and oxygen atoms in total. The van der Waals surface area contributed by atoms with Crippen LogP contribution in [0.5, 0.6) is 0 Å². The van der Waals surface area contributed by atoms with Gasteiger partial charge < -0.3 is 4.90 Å². The van der Waals surface area contributed by atoms with Crippen LogP contribution in [0.1, 0.15) is 18.7 Å². The van der Waals surface area contributed by atoms with Gasteiger partial charge in [-0.1, -0.05) is 26.0 Å². The van der Waals surface area contributed by atoms with Gasteiger partial charge in [0.2, 0.25) is 0 Å². The molecule has 0 fully saturated rings. The molecule has 0 saturated carbocycles. The lowest BCUT2D eigenvalue weighted by Gasteiger charge is -2.28. The minimum absolute atomic E-state index is 0.0654. The normalized spacial score (nSPS) is 10.7. The number of halogens is 3. The van der Waals surface area contributed by atoms with E-state index in [-0.39, 0.29) is 28.0 Å². The van der Waals surface area contributed by atoms with E-state index < -0.39 is 11.5 Å². The Morgan fingerprint density at radius 3 is 2.44 bits per heavy atom. The van der Waals surface area contributed by atoms with E-state index in [4.69, 9.17) is 11.7 Å². The number of amides is 2. The largest absolute Gasteiger partial charge is 0.446 e. The summed E-state index contributed by atoms with van der Waals surface area (Å²) in [5.74, 6) is 10.8. The van der Waals surface area contributed by atoms with Gasteiger partial charge in [0.1, 0.15) is 0 Å². The molecule has 2 amide bonds. The zero-order valence-corrected chi connectivity index (χ0v) is 16.7. The maximum atomic E-state index is 12.9. The molecule has 0 spiro atoms. The number of para-hydroxylation sites is 1. The number of thiophene rings is 1. The standard InChI is InChI=1S/C14H16F3N5OS2.C2H6/c1-21(8-9-4-3-7-24-9)12-10(22(19)13(23)20-18)5-2-6-11(12)25-14(15,16)17;1-2/h2-7H,8,18-19H2,1H3,(H,20,23);1-2H3. The second-order valence-electron chi connectivity index (χ2n) is 4.93. The van der Waals surface area contributed by atoms with E-state index >= 15 is 0 Å². The molecule has 5 N–H and O–H groups in total. The van der Waals surface area contributed by atoms with Crippen molar-refractivity contribution in [1.82, 2.24) is 5.43 Å². The summed E-state index contributed by atoms with van der Waals surface area (Å²) < 4.78 is 38.8. The number of nitrogens with one attached hydrogen (secondary N) is 1. The van der Waals surface area contributed by atoms with Gasteiger partial charge in [-0.15, -0.1) is 11.3 Å². The second kappa shape index (κ2) is 10.4. The summed E-state index contributed by atoms with van der Waals surface area (Å²) in [4.78, 5) is 14.2. The van der Waals surface area contributed by atoms with E-state index in [1.165, 1.54) is 29.5 Å². The van der Waals surface area contributed by atoms with Crippen LogP contribution in [0.2, 0.25) is 0 Å². The molecular formula is C16H22F3N5OS2. The van der Waals surface area contributed by atoms with Gasteiger partial charge in [-0.05, 0) is 35.3 Å². The summed E-state index contributed by atoms with van der Waals surface area (Å²) >= 11 is 1.21. The van der Waals surface area contributed by atoms with Gasteiger partial charge in [0.05, 0.1) is 17.9 Å². The Labute approximate surface area is 164 Å². The zero-order valence-electron chi connectivity index (χ0n) is 15.1. The third-order valence-corrected chi connectivity index (χ3v) is 4.80. The molecule has 0 bridgehead atoms. The SMILES string of the molecule is CC.CN(Cc1cccs1)c1c(SC(F)(F)F)cccc1N(N)C(=O)NN. The highest BCUT2D eigenvalue weighted by atomic mass is 32.2. The van der Waals surface area contributed by atoms with Crippen molar-refractivity contribution < 1.29 is 18.0 Å². The van der Waals surface area contributed by atoms with Gasteiger partial charge >= 0.3 is 11.5 Å². The number of alkyl halides is 3. The highest BCUT2D eigenvalue weighted by molar-refractivity contribution is 8.00. The van der Waals surface area contributed by atoms with Crippen molar-refractivity contribution in [1.29, 1.82) is 0 Å². The predicted molar refractivity (Wildman–Crippen MR) is 106 cm³/mol. The number of nitrogens with zero attached hydrogens (tertiary/aromatic N) is 2. The number of nitrogens with two attached hydrogens (primary N) is 2. The summed E-state index contributed by atoms with van der Waals surface area (Å²) in [6.07, 6.45) is 0. The third kappa shape index (κ3) is 6.61. The number of hydrazine groups is 2. The number of carbonyl (C=O) groups excluding carboxylic acids is 1. The van der Waals surface area contributed by atoms with Gasteiger partial charge in [-0.2, -0.15) is 13.2 Å². The van der Waals surface area contributed by atoms with Gasteiger partial charge in [-0.25, -0.2) is 21.5 Å². The molecule has 2 aromatic rings. The van der Waals surface area contributed by atoms with Crippen molar-refractivity contribution in [2.75, 3.05) is 17.0 Å². The van der Waals surface area contributed by atoms with E-state index in [2.05, 4.69) is 0 Å². The predicted octanol–water partition coefficient (Wildman–Crippen LogP) is 4.29. The Kier molecular flexibility index (Phi) is 8.89. The Bertz CT molecular complexity index is 725. The first kappa shape index (κ1) is 23.1. The van der Waals surface area contributed by atoms with Crippen molar-refractivity contribution in [3.05, 3.63) is 40.6 Å². The fourth-order valence-corrected chi connectivity index (χ4v) is 3.70. The first-order valence-electron chi connectivity index (χ1n) is 7.90. The first-order chi connectivity index (χ1) is 12.7. The molecular weight excluding hydrogens is 399 g/mol. The van der Waals surface area contributed by atoms with Crippen LogP contribution in [0, 0.1) is 0 Å². The Morgan fingerprint density at radius 2 is 1.93 bits per heavy atom. The second-order valence-corrected chi connectivity index (χ2v) is 7.07. The van der Waals surface area contributed by atoms with Crippen LogP contribution in [-0.2, 0) is 6.54 Å². The highest BCUT2D eigenvalue weighted by Gasteiger charge is 2.32. The van der Waals surface area contributed by atoms with Gasteiger partial charge in [-0.3, -0.25) is 5.43 Å². The molecule has 1 heterocycles. The molecule has 1 aromatic carbocycles. The monoisotopic (exact) mass is 421 g/mol. The molecule has 11 heteroatoms. The van der Waals surface area contributed by atoms with Crippen LogP contribution in [0.3, 0.4) is 0 Å². The molecule has 0 atom stereocenters. The average molecular weight is 422 g/mol. The summed E-state index contributed by atoms with van der Waals surface area (Å²) in [6.45, 7) is 4.36. The van der Waals surface area contributed by atoms with Gasteiger partial charge in [0.25, 0.3) is 0 Å². The van der Waals surface area contributed by atoms with E-state index in [0.717, 1.165) is 4.88 Å². The molecule has 0 radical (unpaired) electrons. The Hall–Kier alpha value is -1.95. The lowest BCUT2D eigenvalue weighted by atomic mass is 10.2. The topological polar surface area (TPSA) is 87.6 Å². The summed E-state index contributed by atoms with van der Waals surface area (Å²) in [5.41, 5.74) is -2.33. The molecule has 0 aliphatic heterocycles. The van der Waals surface area contributed by atoms with Gasteiger partial charge in [0, 0.05) is 16.8 Å². The molecule has 150 valence electrons. The van der Waals surface area contributed by atoms with Crippen molar-refractivity contribution in [3.8, 4) is 0 Å². The molecule has 0 saturated heterocycles. The minimum atomic E-state index is -4.48. The molecule has 1 aromatic heterocycles. The molecule has 0 unspecified atom stereocenters. The van der Waals surface area contributed by atoms with Gasteiger partial charge in [0.15, 0.2) is 0 Å². The lowest BCUT2D eigenvalue weighted by Crippen LogP contribution is -2.48. The number of urea groups is 1. The molecule has 0 aliphatic rings. The number of hydrogen-bond donors (Lipinski definition) is 3. The van der Waals surface area contributed by atoms with E-state index in [0.29, 0.717) is 11.6 Å². The summed E-state index contributed by atoms with van der Waals surface area (Å²) in [6, 6.07) is 7.05. The molecule has 27 heavy (non-hydrogen) atoms. The summed E-state index contributed by atoms with van der Waals surface area (Å²) in [7, 11) is 1.63. The van der Waals surface area contributed by atoms with Crippen molar-refractivity contribution in [2.24, 2.45) is 11.7 Å². The van der Waals surface area contributed by atoms with Crippen LogP contribution in [0.15, 0.2) is 40.6 Å². The highest BCUT2D eigenvalue weighted by Crippen LogP contribution is 2.45. The summed E-state index contributed by atoms with van der Waals surface area (Å²) in [5, 5.41) is 2.55. The fraction of sp³-hybridized carbons (Fsp3) is 0.312. The number of anilines is 2. The number of thioether (sulfide) groups is 1. The minimum Gasteiger partial charge on any atom is -0.367 e. The Morgan fingerprint density at radius 1 is 1.26 bits per heavy atom. The van der Waals surface area contributed by atoms with Crippen molar-refractivity contribution in [3.63, 3.8) is 0 Å². The number of benzene rings is 1. The maximum absolute atomic E-state index is 12.9. The van der Waals surface area contributed by atoms with Crippen LogP contribution in [0.25, 0.3) is 0 Å².